The second kappa shape index (κ2) is 4.87. The summed E-state index contributed by atoms with van der Waals surface area (Å²) >= 11 is 3.66. The maximum absolute atomic E-state index is 13.0. The summed E-state index contributed by atoms with van der Waals surface area (Å²) in [6.45, 7) is 2.01. The van der Waals surface area contributed by atoms with Crippen LogP contribution in [0.2, 0.25) is 0 Å². The number of aryl methyl sites for hydroxylation is 1. The van der Waals surface area contributed by atoms with Crippen LogP contribution in [0.4, 0.5) is 4.39 Å². The average molecular weight is 285 g/mol. The largest absolute Gasteiger partial charge is 0.207 e. The van der Waals surface area contributed by atoms with Crippen molar-refractivity contribution in [2.24, 2.45) is 5.41 Å². The summed E-state index contributed by atoms with van der Waals surface area (Å²) in [4.78, 5) is 0. The van der Waals surface area contributed by atoms with Gasteiger partial charge in [-0.25, -0.2) is 4.39 Å². The van der Waals surface area contributed by atoms with E-state index < -0.39 is 0 Å². The van der Waals surface area contributed by atoms with E-state index in [1.54, 1.807) is 12.1 Å². The predicted octanol–water partition coefficient (Wildman–Crippen LogP) is 4.63. The number of hydrogen-bond donors (Lipinski definition) is 0. The highest BCUT2D eigenvalue weighted by atomic mass is 79.9. The minimum Gasteiger partial charge on any atom is -0.207 e. The Labute approximate surface area is 105 Å². The highest BCUT2D eigenvalue weighted by molar-refractivity contribution is 9.09. The van der Waals surface area contributed by atoms with Gasteiger partial charge < -0.3 is 0 Å². The molecule has 16 heavy (non-hydrogen) atoms. The van der Waals surface area contributed by atoms with Gasteiger partial charge in [0.15, 0.2) is 0 Å². The van der Waals surface area contributed by atoms with Crippen LogP contribution < -0.4 is 0 Å². The number of alkyl halides is 1. The molecule has 0 atom stereocenters. The molecule has 1 aromatic carbocycles. The molecule has 0 nitrogen and oxygen atoms in total. The fraction of sp³-hybridized carbons (Fsp3) is 0.571. The molecule has 0 N–H and O–H groups in total. The lowest BCUT2D eigenvalue weighted by Gasteiger charge is -2.27. The first kappa shape index (κ1) is 12.1. The molecule has 2 heteroatoms. The summed E-state index contributed by atoms with van der Waals surface area (Å²) in [7, 11) is 0. The quantitative estimate of drug-likeness (QED) is 0.710. The Morgan fingerprint density at radius 2 is 2.00 bits per heavy atom. The van der Waals surface area contributed by atoms with E-state index in [1.807, 2.05) is 13.0 Å². The first-order chi connectivity index (χ1) is 7.65. The van der Waals surface area contributed by atoms with Crippen molar-refractivity contribution >= 4 is 15.9 Å². The Morgan fingerprint density at radius 3 is 2.56 bits per heavy atom. The van der Waals surface area contributed by atoms with Gasteiger partial charge in [-0.15, -0.1) is 0 Å². The zero-order valence-corrected chi connectivity index (χ0v) is 11.3. The lowest BCUT2D eigenvalue weighted by atomic mass is 9.81. The fourth-order valence-electron chi connectivity index (χ4n) is 2.74. The van der Waals surface area contributed by atoms with Crippen molar-refractivity contribution in [1.29, 1.82) is 0 Å². The number of rotatable bonds is 3. The third-order valence-corrected chi connectivity index (χ3v) is 5.01. The molecule has 0 saturated heterocycles. The molecular weight excluding hydrogens is 267 g/mol. The van der Waals surface area contributed by atoms with Gasteiger partial charge in [-0.2, -0.15) is 0 Å². The van der Waals surface area contributed by atoms with E-state index in [1.165, 1.54) is 31.2 Å². The zero-order chi connectivity index (χ0) is 11.6. The van der Waals surface area contributed by atoms with E-state index in [4.69, 9.17) is 0 Å². The van der Waals surface area contributed by atoms with Gasteiger partial charge in [0.05, 0.1) is 0 Å². The predicted molar refractivity (Wildman–Crippen MR) is 69.5 cm³/mol. The Kier molecular flexibility index (Phi) is 3.68. The van der Waals surface area contributed by atoms with Crippen LogP contribution in [0.15, 0.2) is 18.2 Å². The molecular formula is C14H18BrF. The van der Waals surface area contributed by atoms with Gasteiger partial charge in [0.2, 0.25) is 0 Å². The minimum atomic E-state index is -0.124. The Morgan fingerprint density at radius 1 is 1.31 bits per heavy atom. The normalized spacial score (nSPS) is 18.9. The smallest absolute Gasteiger partial charge is 0.123 e. The van der Waals surface area contributed by atoms with Gasteiger partial charge in [-0.1, -0.05) is 34.8 Å². The third kappa shape index (κ3) is 2.48. The van der Waals surface area contributed by atoms with E-state index in [0.29, 0.717) is 5.41 Å². The van der Waals surface area contributed by atoms with Crippen molar-refractivity contribution in [1.82, 2.24) is 0 Å². The molecule has 0 bridgehead atoms. The van der Waals surface area contributed by atoms with Crippen molar-refractivity contribution in [3.63, 3.8) is 0 Å². The molecule has 0 spiro atoms. The van der Waals surface area contributed by atoms with Crippen molar-refractivity contribution < 1.29 is 4.39 Å². The molecule has 0 amide bonds. The zero-order valence-electron chi connectivity index (χ0n) is 9.73. The molecule has 0 heterocycles. The van der Waals surface area contributed by atoms with Crippen LogP contribution in [-0.4, -0.2) is 5.33 Å². The van der Waals surface area contributed by atoms with Crippen molar-refractivity contribution in [3.05, 3.63) is 35.1 Å². The third-order valence-electron chi connectivity index (χ3n) is 3.82. The van der Waals surface area contributed by atoms with Crippen molar-refractivity contribution in [2.75, 3.05) is 5.33 Å². The van der Waals surface area contributed by atoms with Crippen LogP contribution in [0.25, 0.3) is 0 Å². The second-order valence-corrected chi connectivity index (χ2v) is 5.65. The highest BCUT2D eigenvalue weighted by Gasteiger charge is 2.33. The second-order valence-electron chi connectivity index (χ2n) is 5.09. The van der Waals surface area contributed by atoms with Crippen LogP contribution in [-0.2, 0) is 6.42 Å². The van der Waals surface area contributed by atoms with E-state index in [-0.39, 0.29) is 5.82 Å². The monoisotopic (exact) mass is 284 g/mol. The topological polar surface area (TPSA) is 0 Å². The van der Waals surface area contributed by atoms with Crippen LogP contribution in [0.5, 0.6) is 0 Å². The summed E-state index contributed by atoms with van der Waals surface area (Å²) in [5.41, 5.74) is 2.82. The molecule has 88 valence electrons. The number of benzene rings is 1. The van der Waals surface area contributed by atoms with E-state index >= 15 is 0 Å². The molecule has 1 aliphatic rings. The van der Waals surface area contributed by atoms with Gasteiger partial charge in [0.25, 0.3) is 0 Å². The lowest BCUT2D eigenvalue weighted by molar-refractivity contribution is 0.346. The summed E-state index contributed by atoms with van der Waals surface area (Å²) in [6, 6.07) is 5.18. The van der Waals surface area contributed by atoms with E-state index in [2.05, 4.69) is 15.9 Å². The molecule has 1 aliphatic carbocycles. The Balaban J connectivity index is 2.19. The molecule has 1 saturated carbocycles. The number of halogens is 2. The van der Waals surface area contributed by atoms with Crippen molar-refractivity contribution in [2.45, 2.75) is 39.0 Å². The maximum atomic E-state index is 13.0. The SMILES string of the molecule is Cc1cc(F)ccc1CC1(CBr)CCCC1. The Hall–Kier alpha value is -0.370. The summed E-state index contributed by atoms with van der Waals surface area (Å²) < 4.78 is 13.0. The molecule has 0 aliphatic heterocycles. The molecule has 1 aromatic rings. The standard InChI is InChI=1S/C14H18BrF/c1-11-8-13(16)5-4-12(11)9-14(10-15)6-2-3-7-14/h4-5,8H,2-3,6-7,9-10H2,1H3. The van der Waals surface area contributed by atoms with Crippen LogP contribution in [0, 0.1) is 18.2 Å². The van der Waals surface area contributed by atoms with Crippen LogP contribution in [0.1, 0.15) is 36.8 Å². The lowest BCUT2D eigenvalue weighted by Crippen LogP contribution is -2.21. The first-order valence-corrected chi connectivity index (χ1v) is 7.08. The minimum absolute atomic E-state index is 0.124. The summed E-state index contributed by atoms with van der Waals surface area (Å²) in [5, 5.41) is 1.07. The highest BCUT2D eigenvalue weighted by Crippen LogP contribution is 2.42. The van der Waals surface area contributed by atoms with E-state index in [9.17, 15) is 4.39 Å². The van der Waals surface area contributed by atoms with E-state index in [0.717, 1.165) is 17.3 Å². The average Bonchev–Trinajstić information content (AvgIpc) is 2.72. The van der Waals surface area contributed by atoms with Gasteiger partial charge >= 0.3 is 0 Å². The molecule has 2 rings (SSSR count). The van der Waals surface area contributed by atoms with Crippen LogP contribution in [0.3, 0.4) is 0 Å². The van der Waals surface area contributed by atoms with Gasteiger partial charge in [0.1, 0.15) is 5.82 Å². The van der Waals surface area contributed by atoms with Crippen LogP contribution >= 0.6 is 15.9 Å². The molecule has 0 aromatic heterocycles. The fourth-order valence-corrected chi connectivity index (χ4v) is 3.50. The first-order valence-electron chi connectivity index (χ1n) is 5.96. The van der Waals surface area contributed by atoms with Crippen molar-refractivity contribution in [3.8, 4) is 0 Å². The number of hydrogen-bond acceptors (Lipinski definition) is 0. The van der Waals surface area contributed by atoms with Gasteiger partial charge in [-0.3, -0.25) is 0 Å². The maximum Gasteiger partial charge on any atom is 0.123 e. The molecule has 1 fully saturated rings. The van der Waals surface area contributed by atoms with Gasteiger partial charge in [-0.05, 0) is 54.9 Å². The summed E-state index contributed by atoms with van der Waals surface area (Å²) in [6.07, 6.45) is 6.37. The van der Waals surface area contributed by atoms with Gasteiger partial charge in [0, 0.05) is 5.33 Å². The Bertz CT molecular complexity index is 367. The summed E-state index contributed by atoms with van der Waals surface area (Å²) in [5.74, 6) is -0.124. The molecule has 0 radical (unpaired) electrons. The molecule has 0 unspecified atom stereocenters.